The molecule has 0 saturated carbocycles. The molecular weight excluding hydrogens is 480 g/mol. The molecule has 2 aromatic rings. The first-order chi connectivity index (χ1) is 18.3. The van der Waals surface area contributed by atoms with Gasteiger partial charge in [-0.1, -0.05) is 30.8 Å². The number of amides is 2. The van der Waals surface area contributed by atoms with E-state index in [9.17, 15) is 9.59 Å². The van der Waals surface area contributed by atoms with Crippen LogP contribution in [0.4, 0.5) is 0 Å². The molecule has 2 aliphatic rings. The Morgan fingerprint density at radius 2 is 1.47 bits per heavy atom. The number of benzene rings is 2. The van der Waals surface area contributed by atoms with Crippen LogP contribution in [0.5, 0.6) is 0 Å². The molecule has 2 fully saturated rings. The highest BCUT2D eigenvalue weighted by Gasteiger charge is 2.25. The van der Waals surface area contributed by atoms with Gasteiger partial charge >= 0.3 is 0 Å². The summed E-state index contributed by atoms with van der Waals surface area (Å²) in [5.41, 5.74) is 10.2. The minimum atomic E-state index is -0.225. The van der Waals surface area contributed by atoms with Gasteiger partial charge in [0, 0.05) is 89.0 Å². The Labute approximate surface area is 223 Å². The summed E-state index contributed by atoms with van der Waals surface area (Å²) in [6.07, 6.45) is 1.32. The third kappa shape index (κ3) is 6.20. The Kier molecular flexibility index (Phi) is 8.42. The Morgan fingerprint density at radius 3 is 2.05 bits per heavy atom. The first kappa shape index (κ1) is 26.9. The predicted octanol–water partition coefficient (Wildman–Crippen LogP) is 1.48. The van der Waals surface area contributed by atoms with E-state index in [0.717, 1.165) is 35.5 Å². The molecule has 2 aliphatic heterocycles. The standard InChI is InChI=1S/C28H36N8O2/c1-20(23-5-3-21(18-29)4-6-23)34-11-13-35(14-12-34)27(38)25-16-22(15-24(17-25)26(37)32-2)19-33-7-9-36(10-8-33)28(30)31/h3-6,15-18,29H,1,7-14,19H2,2H3,(H3,30,31)(H,32,37). The Bertz CT molecular complexity index is 1210. The fourth-order valence-corrected chi connectivity index (χ4v) is 4.90. The van der Waals surface area contributed by atoms with Crippen LogP contribution in [0.3, 0.4) is 0 Å². The first-order valence-electron chi connectivity index (χ1n) is 12.8. The van der Waals surface area contributed by atoms with E-state index in [2.05, 4.69) is 21.7 Å². The van der Waals surface area contributed by atoms with Crippen molar-refractivity contribution >= 4 is 29.7 Å². The lowest BCUT2D eigenvalue weighted by Gasteiger charge is -2.37. The third-order valence-electron chi connectivity index (χ3n) is 7.21. The molecule has 2 heterocycles. The molecule has 10 nitrogen and oxygen atoms in total. The average Bonchev–Trinajstić information content (AvgIpc) is 2.96. The van der Waals surface area contributed by atoms with Gasteiger partial charge in [0.25, 0.3) is 11.8 Å². The van der Waals surface area contributed by atoms with Gasteiger partial charge < -0.3 is 31.2 Å². The van der Waals surface area contributed by atoms with Crippen LogP contribution in [0, 0.1) is 10.8 Å². The van der Waals surface area contributed by atoms with Crippen LogP contribution >= 0.6 is 0 Å². The molecule has 0 spiro atoms. The molecule has 38 heavy (non-hydrogen) atoms. The van der Waals surface area contributed by atoms with Crippen molar-refractivity contribution in [3.05, 3.63) is 76.9 Å². The zero-order valence-electron chi connectivity index (χ0n) is 21.9. The molecule has 4 rings (SSSR count). The molecular formula is C28H36N8O2. The number of guanidine groups is 1. The topological polar surface area (TPSA) is 133 Å². The summed E-state index contributed by atoms with van der Waals surface area (Å²) in [5.74, 6) is -0.222. The summed E-state index contributed by atoms with van der Waals surface area (Å²) >= 11 is 0. The molecule has 0 aliphatic carbocycles. The normalized spacial score (nSPS) is 16.2. The molecule has 200 valence electrons. The zero-order valence-corrected chi connectivity index (χ0v) is 21.9. The second-order valence-electron chi connectivity index (χ2n) is 9.64. The van der Waals surface area contributed by atoms with Crippen molar-refractivity contribution in [3.8, 4) is 0 Å². The number of hydrogen-bond donors (Lipinski definition) is 4. The second-order valence-corrected chi connectivity index (χ2v) is 9.64. The molecule has 0 radical (unpaired) electrons. The largest absolute Gasteiger partial charge is 0.370 e. The third-order valence-corrected chi connectivity index (χ3v) is 7.21. The number of rotatable bonds is 7. The number of nitrogens with one attached hydrogen (secondary N) is 3. The van der Waals surface area contributed by atoms with Gasteiger partial charge in [-0.2, -0.15) is 0 Å². The maximum atomic E-state index is 13.5. The number of nitrogens with zero attached hydrogens (tertiary/aromatic N) is 4. The van der Waals surface area contributed by atoms with Gasteiger partial charge in [-0.25, -0.2) is 0 Å². The molecule has 0 aromatic heterocycles. The highest BCUT2D eigenvalue weighted by molar-refractivity contribution is 6.00. The van der Waals surface area contributed by atoms with Gasteiger partial charge in [0.2, 0.25) is 0 Å². The van der Waals surface area contributed by atoms with Gasteiger partial charge in [0.1, 0.15) is 0 Å². The number of piperazine rings is 2. The van der Waals surface area contributed by atoms with Crippen molar-refractivity contribution < 1.29 is 9.59 Å². The van der Waals surface area contributed by atoms with Crippen molar-refractivity contribution in [3.63, 3.8) is 0 Å². The molecule has 2 aromatic carbocycles. The summed E-state index contributed by atoms with van der Waals surface area (Å²) in [6.45, 7) is 10.2. The monoisotopic (exact) mass is 516 g/mol. The summed E-state index contributed by atoms with van der Waals surface area (Å²) in [7, 11) is 1.59. The fourth-order valence-electron chi connectivity index (χ4n) is 4.90. The van der Waals surface area contributed by atoms with Crippen molar-refractivity contribution in [2.45, 2.75) is 6.54 Å². The number of carbonyl (C=O) groups is 2. The lowest BCUT2D eigenvalue weighted by atomic mass is 10.0. The van der Waals surface area contributed by atoms with Crippen LogP contribution in [0.1, 0.15) is 37.4 Å². The lowest BCUT2D eigenvalue weighted by molar-refractivity contribution is 0.0686. The molecule has 5 N–H and O–H groups in total. The van der Waals surface area contributed by atoms with Gasteiger partial charge in [-0.15, -0.1) is 0 Å². The Balaban J connectivity index is 1.43. The molecule has 2 saturated heterocycles. The van der Waals surface area contributed by atoms with E-state index in [0.29, 0.717) is 56.9 Å². The molecule has 10 heteroatoms. The predicted molar refractivity (Wildman–Crippen MR) is 149 cm³/mol. The summed E-state index contributed by atoms with van der Waals surface area (Å²) < 4.78 is 0. The van der Waals surface area contributed by atoms with Crippen LogP contribution in [0.25, 0.3) is 5.70 Å². The zero-order chi connectivity index (χ0) is 27.2. The average molecular weight is 517 g/mol. The molecule has 0 bridgehead atoms. The van der Waals surface area contributed by atoms with Gasteiger partial charge in [0.05, 0.1) is 0 Å². The van der Waals surface area contributed by atoms with Gasteiger partial charge in [0.15, 0.2) is 5.96 Å². The van der Waals surface area contributed by atoms with Crippen molar-refractivity contribution in [1.29, 1.82) is 10.8 Å². The van der Waals surface area contributed by atoms with Crippen LogP contribution in [-0.4, -0.2) is 103 Å². The number of carbonyl (C=O) groups excluding carboxylic acids is 2. The number of hydrogen-bond acceptors (Lipinski definition) is 6. The van der Waals surface area contributed by atoms with Gasteiger partial charge in [-0.05, 0) is 34.9 Å². The quantitative estimate of drug-likeness (QED) is 0.326. The van der Waals surface area contributed by atoms with E-state index in [1.165, 1.54) is 6.21 Å². The van der Waals surface area contributed by atoms with Crippen LogP contribution in [-0.2, 0) is 6.54 Å². The highest BCUT2D eigenvalue weighted by atomic mass is 16.2. The van der Waals surface area contributed by atoms with E-state index in [4.69, 9.17) is 16.6 Å². The Hall–Kier alpha value is -4.18. The first-order valence-corrected chi connectivity index (χ1v) is 12.8. The van der Waals surface area contributed by atoms with E-state index >= 15 is 0 Å². The minimum Gasteiger partial charge on any atom is -0.370 e. The summed E-state index contributed by atoms with van der Waals surface area (Å²) in [5, 5.41) is 17.7. The minimum absolute atomic E-state index is 0.0843. The van der Waals surface area contributed by atoms with E-state index in [1.807, 2.05) is 46.2 Å². The molecule has 0 unspecified atom stereocenters. The fraction of sp³-hybridized carbons (Fsp3) is 0.357. The van der Waals surface area contributed by atoms with E-state index in [1.54, 1.807) is 13.1 Å². The van der Waals surface area contributed by atoms with Crippen molar-refractivity contribution in [1.82, 2.24) is 24.9 Å². The van der Waals surface area contributed by atoms with E-state index < -0.39 is 0 Å². The van der Waals surface area contributed by atoms with Crippen molar-refractivity contribution in [2.75, 3.05) is 59.4 Å². The van der Waals surface area contributed by atoms with Crippen LogP contribution in [0.2, 0.25) is 0 Å². The molecule has 0 atom stereocenters. The van der Waals surface area contributed by atoms with Gasteiger partial charge in [-0.3, -0.25) is 19.9 Å². The Morgan fingerprint density at radius 1 is 0.895 bits per heavy atom. The highest BCUT2D eigenvalue weighted by Crippen LogP contribution is 2.21. The maximum absolute atomic E-state index is 13.5. The smallest absolute Gasteiger partial charge is 0.254 e. The summed E-state index contributed by atoms with van der Waals surface area (Å²) in [6, 6.07) is 13.1. The van der Waals surface area contributed by atoms with Crippen LogP contribution < -0.4 is 11.1 Å². The second kappa shape index (κ2) is 11.9. The van der Waals surface area contributed by atoms with E-state index in [-0.39, 0.29) is 17.8 Å². The maximum Gasteiger partial charge on any atom is 0.254 e. The molecule has 2 amide bonds. The SMILES string of the molecule is C=C(c1ccc(C=N)cc1)N1CCN(C(=O)c2cc(CN3CCN(C(=N)N)CC3)cc(C(=O)NC)c2)CC1. The summed E-state index contributed by atoms with van der Waals surface area (Å²) in [4.78, 5) is 34.1. The number of nitrogens with two attached hydrogens (primary N) is 1. The van der Waals surface area contributed by atoms with Crippen LogP contribution in [0.15, 0.2) is 49.0 Å². The van der Waals surface area contributed by atoms with Crippen molar-refractivity contribution in [2.24, 2.45) is 5.73 Å². The lowest BCUT2D eigenvalue weighted by Crippen LogP contribution is -2.50.